The first kappa shape index (κ1) is 17.1. The summed E-state index contributed by atoms with van der Waals surface area (Å²) >= 11 is 0. The van der Waals surface area contributed by atoms with Crippen LogP contribution >= 0.6 is 0 Å². The average molecular weight is 321 g/mol. The molecule has 0 fully saturated rings. The second-order valence-electron chi connectivity index (χ2n) is 6.98. The fourth-order valence-electron chi connectivity index (χ4n) is 3.68. The minimum absolute atomic E-state index is 0.417. The fourth-order valence-corrected chi connectivity index (χ4v) is 3.68. The van der Waals surface area contributed by atoms with Crippen molar-refractivity contribution >= 4 is 7.28 Å². The topological polar surface area (TPSA) is 12.5 Å². The van der Waals surface area contributed by atoms with E-state index in [1.165, 1.54) is 29.8 Å². The summed E-state index contributed by atoms with van der Waals surface area (Å²) in [6.45, 7) is 9.38. The second kappa shape index (κ2) is 7.89. The van der Waals surface area contributed by atoms with E-state index < -0.39 is 0 Å². The molecule has 0 radical (unpaired) electrons. The molecule has 3 rings (SSSR count). The van der Waals surface area contributed by atoms with Gasteiger partial charge in [0.15, 0.2) is 0 Å². The predicted molar refractivity (Wildman–Crippen MR) is 103 cm³/mol. The zero-order valence-electron chi connectivity index (χ0n) is 15.2. The van der Waals surface area contributed by atoms with E-state index in [-0.39, 0.29) is 0 Å². The number of hydrogen-bond donors (Lipinski definition) is 0. The molecule has 0 spiro atoms. The number of hydrogen-bond acceptors (Lipinski definition) is 2. The van der Waals surface area contributed by atoms with Crippen molar-refractivity contribution in [1.82, 2.24) is 4.90 Å². The van der Waals surface area contributed by atoms with Crippen LogP contribution in [0.5, 0.6) is 0 Å². The fraction of sp³-hybridized carbons (Fsp3) is 0.429. The molecule has 2 heterocycles. The summed E-state index contributed by atoms with van der Waals surface area (Å²) < 4.78 is 5.99. The Labute approximate surface area is 147 Å². The number of allylic oxidation sites excluding steroid dienone is 3. The molecule has 1 aromatic carbocycles. The van der Waals surface area contributed by atoms with Gasteiger partial charge in [-0.15, -0.1) is 0 Å². The second-order valence-corrected chi connectivity index (χ2v) is 6.98. The molecule has 0 saturated heterocycles. The third-order valence-corrected chi connectivity index (χ3v) is 5.06. The van der Waals surface area contributed by atoms with Crippen molar-refractivity contribution in [3.63, 3.8) is 0 Å². The molecule has 2 unspecified atom stereocenters. The Hall–Kier alpha value is -1.74. The summed E-state index contributed by atoms with van der Waals surface area (Å²) in [6.07, 6.45) is 8.22. The normalized spacial score (nSPS) is 21.4. The van der Waals surface area contributed by atoms with Crippen LogP contribution < -0.4 is 0 Å². The number of rotatable bonds is 6. The van der Waals surface area contributed by atoms with E-state index >= 15 is 0 Å². The van der Waals surface area contributed by atoms with Gasteiger partial charge in [-0.3, -0.25) is 0 Å². The van der Waals surface area contributed by atoms with Crippen LogP contribution in [-0.2, 0) is 11.3 Å². The van der Waals surface area contributed by atoms with Gasteiger partial charge in [-0.1, -0.05) is 62.3 Å². The Balaban J connectivity index is 1.61. The van der Waals surface area contributed by atoms with Gasteiger partial charge in [0, 0.05) is 23.9 Å². The largest absolute Gasteiger partial charge is 0.376 e. The standard InChI is InChI=1S/C21H28BNO/c1-16-12-19(22-3)13-23-20(16)10-7-11-21(23)17(2)14-24-15-18-8-5-4-6-9-18/h4-6,8-12,17,19,22H,7,13-15H2,1-3H3. The molecule has 0 bridgehead atoms. The molecule has 2 aliphatic heterocycles. The summed E-state index contributed by atoms with van der Waals surface area (Å²) in [5, 5.41) is 0. The van der Waals surface area contributed by atoms with Gasteiger partial charge >= 0.3 is 0 Å². The van der Waals surface area contributed by atoms with Crippen LogP contribution in [0.15, 0.2) is 65.5 Å². The van der Waals surface area contributed by atoms with Crippen LogP contribution in [0, 0.1) is 5.92 Å². The number of ether oxygens (including phenoxy) is 1. The van der Waals surface area contributed by atoms with Crippen molar-refractivity contribution < 1.29 is 4.74 Å². The number of benzene rings is 1. The van der Waals surface area contributed by atoms with Gasteiger partial charge in [0.05, 0.1) is 13.2 Å². The minimum atomic E-state index is 0.417. The summed E-state index contributed by atoms with van der Waals surface area (Å²) in [5.74, 6) is 1.07. The van der Waals surface area contributed by atoms with Crippen LogP contribution in [-0.4, -0.2) is 25.3 Å². The smallest absolute Gasteiger partial charge is 0.128 e. The van der Waals surface area contributed by atoms with Crippen LogP contribution in [0.1, 0.15) is 25.8 Å². The molecule has 2 aliphatic rings. The van der Waals surface area contributed by atoms with Gasteiger partial charge in [-0.2, -0.15) is 0 Å². The van der Waals surface area contributed by atoms with Gasteiger partial charge in [-0.05, 0) is 30.3 Å². The van der Waals surface area contributed by atoms with Gasteiger partial charge in [0.25, 0.3) is 0 Å². The lowest BCUT2D eigenvalue weighted by atomic mass is 9.64. The van der Waals surface area contributed by atoms with Gasteiger partial charge in [-0.25, -0.2) is 0 Å². The molecular weight excluding hydrogens is 293 g/mol. The van der Waals surface area contributed by atoms with Crippen LogP contribution in [0.3, 0.4) is 0 Å². The highest BCUT2D eigenvalue weighted by atomic mass is 16.5. The SMILES string of the molecule is CBC1C=C(C)C2=CCC=C(C(C)COCc3ccccc3)N2C1. The highest BCUT2D eigenvalue weighted by molar-refractivity contribution is 6.36. The van der Waals surface area contributed by atoms with Crippen LogP contribution in [0.2, 0.25) is 12.6 Å². The average Bonchev–Trinajstić information content (AvgIpc) is 2.62. The maximum Gasteiger partial charge on any atom is 0.128 e. The molecule has 3 heteroatoms. The molecule has 0 amide bonds. The van der Waals surface area contributed by atoms with E-state index in [0.717, 1.165) is 19.6 Å². The van der Waals surface area contributed by atoms with E-state index in [1.54, 1.807) is 0 Å². The van der Waals surface area contributed by atoms with Crippen molar-refractivity contribution in [2.24, 2.45) is 5.92 Å². The molecule has 0 aliphatic carbocycles. The molecule has 2 nitrogen and oxygen atoms in total. The first-order valence-electron chi connectivity index (χ1n) is 9.17. The van der Waals surface area contributed by atoms with Crippen LogP contribution in [0.25, 0.3) is 0 Å². The van der Waals surface area contributed by atoms with Crippen molar-refractivity contribution in [2.75, 3.05) is 13.2 Å². The Bertz CT molecular complexity index is 647. The Morgan fingerprint density at radius 3 is 2.79 bits per heavy atom. The minimum Gasteiger partial charge on any atom is -0.376 e. The van der Waals surface area contributed by atoms with Crippen molar-refractivity contribution in [1.29, 1.82) is 0 Å². The Kier molecular flexibility index (Phi) is 5.62. The third kappa shape index (κ3) is 3.84. The molecule has 126 valence electrons. The van der Waals surface area contributed by atoms with E-state index in [2.05, 4.69) is 68.1 Å². The monoisotopic (exact) mass is 321 g/mol. The summed E-state index contributed by atoms with van der Waals surface area (Å²) in [5.41, 5.74) is 5.51. The van der Waals surface area contributed by atoms with Crippen LogP contribution in [0.4, 0.5) is 0 Å². The molecule has 0 N–H and O–H groups in total. The summed E-state index contributed by atoms with van der Waals surface area (Å²) in [7, 11) is 1.20. The van der Waals surface area contributed by atoms with Crippen molar-refractivity contribution in [2.45, 2.75) is 39.5 Å². The highest BCUT2D eigenvalue weighted by Crippen LogP contribution is 2.36. The number of nitrogens with zero attached hydrogens (tertiary/aromatic N) is 1. The number of fused-ring (bicyclic) bond motifs is 1. The lowest BCUT2D eigenvalue weighted by molar-refractivity contribution is 0.0938. The first-order valence-corrected chi connectivity index (χ1v) is 9.17. The summed E-state index contributed by atoms with van der Waals surface area (Å²) in [6, 6.07) is 10.4. The zero-order valence-corrected chi connectivity index (χ0v) is 15.2. The maximum absolute atomic E-state index is 5.99. The lowest BCUT2D eigenvalue weighted by Gasteiger charge is -2.40. The summed E-state index contributed by atoms with van der Waals surface area (Å²) in [4.78, 5) is 2.53. The molecule has 0 saturated carbocycles. The Morgan fingerprint density at radius 1 is 1.25 bits per heavy atom. The highest BCUT2D eigenvalue weighted by Gasteiger charge is 2.28. The maximum atomic E-state index is 5.99. The van der Waals surface area contributed by atoms with Gasteiger partial charge in [0.1, 0.15) is 7.28 Å². The van der Waals surface area contributed by atoms with Crippen molar-refractivity contribution in [3.8, 4) is 0 Å². The Morgan fingerprint density at radius 2 is 2.04 bits per heavy atom. The lowest BCUT2D eigenvalue weighted by Crippen LogP contribution is -2.35. The molecule has 1 aromatic rings. The first-order chi connectivity index (χ1) is 11.7. The third-order valence-electron chi connectivity index (χ3n) is 5.06. The van der Waals surface area contributed by atoms with E-state index in [9.17, 15) is 0 Å². The van der Waals surface area contributed by atoms with Gasteiger partial charge in [0.2, 0.25) is 0 Å². The molecule has 2 atom stereocenters. The molecule has 24 heavy (non-hydrogen) atoms. The van der Waals surface area contributed by atoms with Gasteiger partial charge < -0.3 is 9.64 Å². The van der Waals surface area contributed by atoms with E-state index in [1.807, 2.05) is 6.07 Å². The zero-order chi connectivity index (χ0) is 16.9. The predicted octanol–water partition coefficient (Wildman–Crippen LogP) is 4.55. The van der Waals surface area contributed by atoms with Crippen molar-refractivity contribution in [3.05, 3.63) is 71.1 Å². The van der Waals surface area contributed by atoms with E-state index in [0.29, 0.717) is 18.3 Å². The quantitative estimate of drug-likeness (QED) is 0.713. The van der Waals surface area contributed by atoms with E-state index in [4.69, 9.17) is 4.74 Å². The molecular formula is C21H28BNO. The molecule has 0 aromatic heterocycles.